The Balaban J connectivity index is 1.58. The van der Waals surface area contributed by atoms with Crippen molar-refractivity contribution in [3.05, 3.63) is 102 Å². The van der Waals surface area contributed by atoms with E-state index >= 15 is 0 Å². The highest BCUT2D eigenvalue weighted by molar-refractivity contribution is 5.95. The van der Waals surface area contributed by atoms with Crippen LogP contribution in [0.3, 0.4) is 0 Å². The van der Waals surface area contributed by atoms with E-state index in [1.165, 1.54) is 21.3 Å². The van der Waals surface area contributed by atoms with Gasteiger partial charge in [0.2, 0.25) is 23.6 Å². The fourth-order valence-electron chi connectivity index (χ4n) is 6.92. The molecule has 3 aromatic carbocycles. The van der Waals surface area contributed by atoms with Gasteiger partial charge in [-0.25, -0.2) is 0 Å². The van der Waals surface area contributed by atoms with Crippen LogP contribution >= 0.6 is 0 Å². The van der Waals surface area contributed by atoms with Gasteiger partial charge in [-0.2, -0.15) is 0 Å². The molecule has 3 aromatic rings. The zero-order valence-corrected chi connectivity index (χ0v) is 44.0. The molecular weight excluding hydrogens is 987 g/mol. The third kappa shape index (κ3) is 25.1. The van der Waals surface area contributed by atoms with Gasteiger partial charge < -0.3 is 70.7 Å². The first-order valence-corrected chi connectivity index (χ1v) is 25.1. The number of hydrogen-bond donors (Lipinski definition) is 8. The molecule has 22 nitrogen and oxygen atoms in total. The second-order valence-corrected chi connectivity index (χ2v) is 17.5. The van der Waals surface area contributed by atoms with Crippen molar-refractivity contribution in [3.63, 3.8) is 0 Å². The summed E-state index contributed by atoms with van der Waals surface area (Å²) in [5, 5.41) is 29.0. The summed E-state index contributed by atoms with van der Waals surface area (Å²) in [5.74, 6) is -2.37. The molecule has 1 atom stereocenters. The Kier molecular flexibility index (Phi) is 29.4. The van der Waals surface area contributed by atoms with Gasteiger partial charge in [-0.15, -0.1) is 0 Å². The van der Waals surface area contributed by atoms with E-state index in [1.807, 2.05) is 0 Å². The maximum atomic E-state index is 13.9. The molecular formula is C54H75N7O15. The van der Waals surface area contributed by atoms with Gasteiger partial charge in [0.05, 0.1) is 66.9 Å². The molecule has 0 aliphatic carbocycles. The Bertz CT molecular complexity index is 2100. The number of rotatable bonds is 39. The number of methoxy groups -OCH3 is 3. The van der Waals surface area contributed by atoms with E-state index in [9.17, 15) is 43.5 Å². The molecule has 0 spiro atoms. The number of carboxylic acids is 1. The number of benzene rings is 3. The van der Waals surface area contributed by atoms with Crippen molar-refractivity contribution in [1.82, 2.24) is 37.2 Å². The SMILES string of the molecule is C=C(CCC(=O)O)C(C)C(=O)NC(COCCC(=O)NCCCNC(=O)c1ccc(OC)cc1)(COCCC(=O)NCCCNC(=O)c1ccc(OC)cc1)COCCC(=O)NCCCNC(=O)c1ccc(OC)cc1. The Hall–Kier alpha value is -7.56. The van der Waals surface area contributed by atoms with Crippen LogP contribution in [0.15, 0.2) is 84.9 Å². The maximum Gasteiger partial charge on any atom is 0.303 e. The van der Waals surface area contributed by atoms with Gasteiger partial charge in [0.25, 0.3) is 17.7 Å². The average molecular weight is 1060 g/mol. The second-order valence-electron chi connectivity index (χ2n) is 17.5. The minimum Gasteiger partial charge on any atom is -0.497 e. The molecule has 0 saturated heterocycles. The molecule has 0 heterocycles. The summed E-state index contributed by atoms with van der Waals surface area (Å²) < 4.78 is 33.4. The van der Waals surface area contributed by atoms with Crippen LogP contribution in [-0.4, -0.2) is 158 Å². The van der Waals surface area contributed by atoms with Crippen LogP contribution in [0.1, 0.15) is 89.4 Å². The number of nitrogens with one attached hydrogen (secondary N) is 7. The van der Waals surface area contributed by atoms with Crippen molar-refractivity contribution in [2.75, 3.05) is 100 Å². The monoisotopic (exact) mass is 1060 g/mol. The highest BCUT2D eigenvalue weighted by atomic mass is 16.5. The lowest BCUT2D eigenvalue weighted by Crippen LogP contribution is -2.59. The van der Waals surface area contributed by atoms with Crippen molar-refractivity contribution in [2.45, 2.75) is 63.8 Å². The molecule has 0 saturated carbocycles. The molecule has 0 bridgehead atoms. The summed E-state index contributed by atoms with van der Waals surface area (Å²) in [6, 6.07) is 20.0. The molecule has 8 N–H and O–H groups in total. The van der Waals surface area contributed by atoms with Crippen LogP contribution in [0.2, 0.25) is 0 Å². The zero-order chi connectivity index (χ0) is 55.6. The van der Waals surface area contributed by atoms with Gasteiger partial charge in [0.1, 0.15) is 22.8 Å². The number of carbonyl (C=O) groups excluding carboxylic acids is 7. The summed E-state index contributed by atoms with van der Waals surface area (Å²) >= 11 is 0. The lowest BCUT2D eigenvalue weighted by atomic mass is 9.95. The van der Waals surface area contributed by atoms with Crippen molar-refractivity contribution in [3.8, 4) is 17.2 Å². The van der Waals surface area contributed by atoms with Gasteiger partial charge in [0.15, 0.2) is 0 Å². The summed E-state index contributed by atoms with van der Waals surface area (Å²) in [6.07, 6.45) is 0.971. The molecule has 3 rings (SSSR count). The quantitative estimate of drug-likeness (QED) is 0.0301. The standard InChI is InChI=1S/C54H75N7O15/c1-38(9-22-49(65)66)39(2)50(67)61-54(35-74-32-23-46(62)55-26-6-29-58-51(68)40-10-16-43(71-3)17-11-40,36-75-33-24-47(63)56-27-7-30-59-52(69)41-12-18-44(72-4)19-13-41)37-76-34-25-48(64)57-28-8-31-60-53(70)42-14-20-45(73-5)21-15-42/h10-21,39H,1,6-9,22-37H2,2-5H3,(H,55,62)(H,56,63)(H,57,64)(H,58,68)(H,59,69)(H,60,70)(H,61,67)(H,65,66). The van der Waals surface area contributed by atoms with E-state index < -0.39 is 23.3 Å². The van der Waals surface area contributed by atoms with Gasteiger partial charge in [-0.3, -0.25) is 38.4 Å². The first-order chi connectivity index (χ1) is 36.6. The third-order valence-corrected chi connectivity index (χ3v) is 11.5. The Morgan fingerprint density at radius 3 is 1.07 bits per heavy atom. The van der Waals surface area contributed by atoms with E-state index in [0.29, 0.717) is 78.4 Å². The molecule has 0 aliphatic heterocycles. The van der Waals surface area contributed by atoms with Crippen molar-refractivity contribution < 1.29 is 71.9 Å². The summed E-state index contributed by atoms with van der Waals surface area (Å²) in [5.41, 5.74) is 0.311. The van der Waals surface area contributed by atoms with E-state index in [2.05, 4.69) is 43.8 Å². The van der Waals surface area contributed by atoms with E-state index in [4.69, 9.17) is 28.4 Å². The molecule has 0 fully saturated rings. The van der Waals surface area contributed by atoms with Crippen molar-refractivity contribution in [1.29, 1.82) is 0 Å². The maximum absolute atomic E-state index is 13.9. The number of aliphatic carboxylic acids is 1. The fraction of sp³-hybridized carbons (Fsp3) is 0.481. The molecule has 22 heteroatoms. The van der Waals surface area contributed by atoms with Gasteiger partial charge >= 0.3 is 5.97 Å². The minimum atomic E-state index is -1.45. The topological polar surface area (TPSA) is 296 Å². The molecule has 0 aliphatic rings. The highest BCUT2D eigenvalue weighted by Gasteiger charge is 2.36. The molecule has 416 valence electrons. The van der Waals surface area contributed by atoms with Crippen molar-refractivity contribution in [2.24, 2.45) is 5.92 Å². The third-order valence-electron chi connectivity index (χ3n) is 11.5. The Labute approximate surface area is 444 Å². The largest absolute Gasteiger partial charge is 0.497 e. The number of carbonyl (C=O) groups is 8. The smallest absolute Gasteiger partial charge is 0.303 e. The minimum absolute atomic E-state index is 0.0406. The molecule has 0 aromatic heterocycles. The number of hydrogen-bond acceptors (Lipinski definition) is 14. The Morgan fingerprint density at radius 1 is 0.474 bits per heavy atom. The molecule has 76 heavy (non-hydrogen) atoms. The van der Waals surface area contributed by atoms with E-state index in [-0.39, 0.29) is 127 Å². The lowest BCUT2D eigenvalue weighted by molar-refractivity contribution is -0.137. The Morgan fingerprint density at radius 2 is 0.776 bits per heavy atom. The van der Waals surface area contributed by atoms with Crippen LogP contribution < -0.4 is 51.4 Å². The highest BCUT2D eigenvalue weighted by Crippen LogP contribution is 2.19. The predicted molar refractivity (Wildman–Crippen MR) is 281 cm³/mol. The van der Waals surface area contributed by atoms with Crippen LogP contribution in [0.25, 0.3) is 0 Å². The molecule has 0 radical (unpaired) electrons. The summed E-state index contributed by atoms with van der Waals surface area (Å²) in [4.78, 5) is 101. The number of carboxylic acid groups (broad SMARTS) is 1. The van der Waals surface area contributed by atoms with Gasteiger partial charge in [0, 0.05) is 81.6 Å². The first-order valence-electron chi connectivity index (χ1n) is 25.1. The second kappa shape index (κ2) is 35.6. The molecule has 1 unspecified atom stereocenters. The van der Waals surface area contributed by atoms with Gasteiger partial charge in [-0.05, 0) is 105 Å². The summed E-state index contributed by atoms with van der Waals surface area (Å²) in [6.45, 7) is 6.23. The van der Waals surface area contributed by atoms with Crippen LogP contribution in [0, 0.1) is 5.92 Å². The van der Waals surface area contributed by atoms with Crippen LogP contribution in [0.5, 0.6) is 17.2 Å². The van der Waals surface area contributed by atoms with Gasteiger partial charge in [-0.1, -0.05) is 12.2 Å². The number of ether oxygens (including phenoxy) is 6. The lowest BCUT2D eigenvalue weighted by Gasteiger charge is -2.35. The van der Waals surface area contributed by atoms with Crippen molar-refractivity contribution >= 4 is 47.3 Å². The zero-order valence-electron chi connectivity index (χ0n) is 44.0. The molecule has 7 amide bonds. The fourth-order valence-corrected chi connectivity index (χ4v) is 6.92. The van der Waals surface area contributed by atoms with E-state index in [0.717, 1.165) is 0 Å². The normalized spacial score (nSPS) is 11.3. The number of amides is 7. The van der Waals surface area contributed by atoms with Crippen LogP contribution in [0.4, 0.5) is 0 Å². The van der Waals surface area contributed by atoms with Crippen LogP contribution in [-0.2, 0) is 38.2 Å². The predicted octanol–water partition coefficient (Wildman–Crippen LogP) is 2.95. The van der Waals surface area contributed by atoms with E-state index in [1.54, 1.807) is 79.7 Å². The first kappa shape index (κ1) is 62.7. The average Bonchev–Trinajstić information content (AvgIpc) is 3.43. The summed E-state index contributed by atoms with van der Waals surface area (Å²) in [7, 11) is 4.60.